The highest BCUT2D eigenvalue weighted by molar-refractivity contribution is 7.99. The molecule has 0 saturated heterocycles. The van der Waals surface area contributed by atoms with Crippen molar-refractivity contribution in [3.8, 4) is 0 Å². The Kier molecular flexibility index (Phi) is 5.07. The molecule has 2 aromatic rings. The van der Waals surface area contributed by atoms with Gasteiger partial charge in [-0.25, -0.2) is 0 Å². The predicted octanol–water partition coefficient (Wildman–Crippen LogP) is 3.97. The number of benzene rings is 2. The molecule has 1 atom stereocenters. The highest BCUT2D eigenvalue weighted by atomic mass is 32.2. The molecule has 0 saturated carbocycles. The molecule has 0 bridgehead atoms. The van der Waals surface area contributed by atoms with Crippen LogP contribution in [0.25, 0.3) is 0 Å². The molecule has 0 aliphatic heterocycles. The standard InChI is InChI=1S/C16H17NO2S/c17-13-8-4-5-9-15(13)20-14(10-11-16(18)19)12-6-2-1-3-7-12/h1-9,14H,10-11,17H2,(H,18,19)/t14-/m0/s1. The zero-order chi connectivity index (χ0) is 14.4. The molecule has 0 unspecified atom stereocenters. The molecule has 0 radical (unpaired) electrons. The van der Waals surface area contributed by atoms with Crippen LogP contribution in [0.15, 0.2) is 59.5 Å². The Bertz CT molecular complexity index is 572. The van der Waals surface area contributed by atoms with Gasteiger partial charge < -0.3 is 10.8 Å². The van der Waals surface area contributed by atoms with Crippen LogP contribution in [0.4, 0.5) is 5.69 Å². The molecule has 3 N–H and O–H groups in total. The van der Waals surface area contributed by atoms with Gasteiger partial charge in [0.2, 0.25) is 0 Å². The maximum absolute atomic E-state index is 10.8. The first-order chi connectivity index (χ1) is 9.66. The topological polar surface area (TPSA) is 63.3 Å². The Morgan fingerprint density at radius 2 is 1.75 bits per heavy atom. The van der Waals surface area contributed by atoms with Crippen molar-refractivity contribution in [2.75, 3.05) is 5.73 Å². The largest absolute Gasteiger partial charge is 0.481 e. The number of hydrogen-bond donors (Lipinski definition) is 2. The van der Waals surface area contributed by atoms with E-state index in [1.54, 1.807) is 11.8 Å². The number of nitrogens with two attached hydrogens (primary N) is 1. The molecule has 4 heteroatoms. The van der Waals surface area contributed by atoms with Crippen molar-refractivity contribution < 1.29 is 9.90 Å². The smallest absolute Gasteiger partial charge is 0.303 e. The predicted molar refractivity (Wildman–Crippen MR) is 82.8 cm³/mol. The summed E-state index contributed by atoms with van der Waals surface area (Å²) in [5, 5.41) is 8.99. The second-order valence-electron chi connectivity index (χ2n) is 4.49. The number of nitrogen functional groups attached to an aromatic ring is 1. The minimum absolute atomic E-state index is 0.0944. The summed E-state index contributed by atoms with van der Waals surface area (Å²) in [5.74, 6) is -0.771. The molecule has 0 amide bonds. The van der Waals surface area contributed by atoms with Crippen LogP contribution in [0.5, 0.6) is 0 Å². The fourth-order valence-electron chi connectivity index (χ4n) is 1.96. The van der Waals surface area contributed by atoms with E-state index in [-0.39, 0.29) is 11.7 Å². The third kappa shape index (κ3) is 4.03. The lowest BCUT2D eigenvalue weighted by molar-refractivity contribution is -0.137. The SMILES string of the molecule is Nc1ccccc1S[C@@H](CCC(=O)O)c1ccccc1. The molecule has 0 heterocycles. The molecular weight excluding hydrogens is 270 g/mol. The van der Waals surface area contributed by atoms with E-state index in [4.69, 9.17) is 10.8 Å². The number of rotatable bonds is 6. The number of carboxylic acids is 1. The van der Waals surface area contributed by atoms with Crippen molar-refractivity contribution in [1.82, 2.24) is 0 Å². The van der Waals surface area contributed by atoms with E-state index in [1.165, 1.54) is 0 Å². The van der Waals surface area contributed by atoms with Gasteiger partial charge in [0.25, 0.3) is 0 Å². The van der Waals surface area contributed by atoms with Gasteiger partial charge in [0.05, 0.1) is 0 Å². The number of anilines is 1. The van der Waals surface area contributed by atoms with Crippen LogP contribution < -0.4 is 5.73 Å². The van der Waals surface area contributed by atoms with Crippen molar-refractivity contribution >= 4 is 23.4 Å². The Balaban J connectivity index is 2.18. The number of carboxylic acid groups (broad SMARTS) is 1. The number of hydrogen-bond acceptors (Lipinski definition) is 3. The Hall–Kier alpha value is -1.94. The molecule has 20 heavy (non-hydrogen) atoms. The van der Waals surface area contributed by atoms with Crippen LogP contribution in [0.2, 0.25) is 0 Å². The summed E-state index contributed by atoms with van der Waals surface area (Å²) in [7, 11) is 0. The molecule has 0 fully saturated rings. The van der Waals surface area contributed by atoms with Crippen LogP contribution in [0.3, 0.4) is 0 Å². The molecule has 0 aliphatic rings. The van der Waals surface area contributed by atoms with E-state index < -0.39 is 5.97 Å². The number of carbonyl (C=O) groups is 1. The van der Waals surface area contributed by atoms with Crippen LogP contribution >= 0.6 is 11.8 Å². The van der Waals surface area contributed by atoms with E-state index in [1.807, 2.05) is 54.6 Å². The molecule has 2 rings (SSSR count). The van der Waals surface area contributed by atoms with Gasteiger partial charge in [-0.05, 0) is 24.1 Å². The minimum Gasteiger partial charge on any atom is -0.481 e. The maximum Gasteiger partial charge on any atom is 0.303 e. The molecule has 3 nitrogen and oxygen atoms in total. The average Bonchev–Trinajstić information content (AvgIpc) is 2.46. The third-order valence-corrected chi connectivity index (χ3v) is 4.40. The van der Waals surface area contributed by atoms with E-state index in [2.05, 4.69) is 0 Å². The normalized spacial score (nSPS) is 12.0. The summed E-state index contributed by atoms with van der Waals surface area (Å²) in [6.45, 7) is 0. The third-order valence-electron chi connectivity index (χ3n) is 2.98. The van der Waals surface area contributed by atoms with Gasteiger partial charge in [-0.3, -0.25) is 4.79 Å². The first-order valence-electron chi connectivity index (χ1n) is 6.44. The summed E-state index contributed by atoms with van der Waals surface area (Å²) in [6, 6.07) is 17.6. The number of thioether (sulfide) groups is 1. The van der Waals surface area contributed by atoms with Crippen molar-refractivity contribution in [3.63, 3.8) is 0 Å². The summed E-state index contributed by atoms with van der Waals surface area (Å²) in [6.07, 6.45) is 0.734. The summed E-state index contributed by atoms with van der Waals surface area (Å²) >= 11 is 1.62. The molecule has 2 aromatic carbocycles. The van der Waals surface area contributed by atoms with Gasteiger partial charge in [0.15, 0.2) is 0 Å². The lowest BCUT2D eigenvalue weighted by Crippen LogP contribution is -2.01. The van der Waals surface area contributed by atoms with E-state index in [0.29, 0.717) is 6.42 Å². The van der Waals surface area contributed by atoms with Gasteiger partial charge in [0.1, 0.15) is 0 Å². The average molecular weight is 287 g/mol. The Morgan fingerprint density at radius 1 is 1.10 bits per heavy atom. The number of aliphatic carboxylic acids is 1. The number of para-hydroxylation sites is 1. The summed E-state index contributed by atoms with van der Waals surface area (Å²) in [4.78, 5) is 11.8. The Labute approximate surface area is 122 Å². The van der Waals surface area contributed by atoms with Crippen LogP contribution in [0, 0.1) is 0 Å². The second kappa shape index (κ2) is 7.01. The summed E-state index contributed by atoms with van der Waals surface area (Å²) in [5.41, 5.74) is 7.82. The zero-order valence-electron chi connectivity index (χ0n) is 11.0. The maximum atomic E-state index is 10.8. The molecule has 0 spiro atoms. The molecule has 0 aliphatic carbocycles. The first kappa shape index (κ1) is 14.5. The molecule has 104 valence electrons. The van der Waals surface area contributed by atoms with Crippen LogP contribution in [-0.2, 0) is 4.79 Å². The van der Waals surface area contributed by atoms with E-state index >= 15 is 0 Å². The van der Waals surface area contributed by atoms with Gasteiger partial charge in [0, 0.05) is 22.3 Å². The monoisotopic (exact) mass is 287 g/mol. The highest BCUT2D eigenvalue weighted by Crippen LogP contribution is 2.40. The first-order valence-corrected chi connectivity index (χ1v) is 7.32. The van der Waals surface area contributed by atoms with Gasteiger partial charge >= 0.3 is 5.97 Å². The fraction of sp³-hybridized carbons (Fsp3) is 0.188. The van der Waals surface area contributed by atoms with Gasteiger partial charge in [-0.2, -0.15) is 0 Å². The highest BCUT2D eigenvalue weighted by Gasteiger charge is 2.15. The van der Waals surface area contributed by atoms with Crippen LogP contribution in [0.1, 0.15) is 23.7 Å². The molecular formula is C16H17NO2S. The van der Waals surface area contributed by atoms with Crippen molar-refractivity contribution in [3.05, 3.63) is 60.2 Å². The van der Waals surface area contributed by atoms with Crippen molar-refractivity contribution in [2.45, 2.75) is 23.0 Å². The Morgan fingerprint density at radius 3 is 2.40 bits per heavy atom. The fourth-order valence-corrected chi connectivity index (χ4v) is 3.15. The van der Waals surface area contributed by atoms with Crippen LogP contribution in [-0.4, -0.2) is 11.1 Å². The minimum atomic E-state index is -0.771. The lowest BCUT2D eigenvalue weighted by atomic mass is 10.1. The van der Waals surface area contributed by atoms with Gasteiger partial charge in [-0.1, -0.05) is 42.5 Å². The van der Waals surface area contributed by atoms with E-state index in [9.17, 15) is 4.79 Å². The summed E-state index contributed by atoms with van der Waals surface area (Å²) < 4.78 is 0. The lowest BCUT2D eigenvalue weighted by Gasteiger charge is -2.17. The van der Waals surface area contributed by atoms with Crippen molar-refractivity contribution in [1.29, 1.82) is 0 Å². The quantitative estimate of drug-likeness (QED) is 0.623. The van der Waals surface area contributed by atoms with Crippen molar-refractivity contribution in [2.24, 2.45) is 0 Å². The zero-order valence-corrected chi connectivity index (χ0v) is 11.8. The van der Waals surface area contributed by atoms with Gasteiger partial charge in [-0.15, -0.1) is 11.8 Å². The second-order valence-corrected chi connectivity index (χ2v) is 5.73. The molecule has 0 aromatic heterocycles. The van der Waals surface area contributed by atoms with E-state index in [0.717, 1.165) is 16.1 Å².